The highest BCUT2D eigenvalue weighted by molar-refractivity contribution is 5.85. The van der Waals surface area contributed by atoms with Gasteiger partial charge in [0.05, 0.1) is 61.0 Å². The first-order valence-electron chi connectivity index (χ1n) is 23.0. The molecule has 2 aliphatic heterocycles. The predicted octanol–water partition coefficient (Wildman–Crippen LogP) is 9.10. The summed E-state index contributed by atoms with van der Waals surface area (Å²) in [6.45, 7) is 15.9. The molecule has 2 N–H and O–H groups in total. The number of anilines is 3. The zero-order valence-corrected chi connectivity index (χ0v) is 38.2. The summed E-state index contributed by atoms with van der Waals surface area (Å²) in [4.78, 5) is 42.8. The molecule has 4 heterocycles. The van der Waals surface area contributed by atoms with Crippen LogP contribution >= 0.6 is 0 Å². The number of nitrogens with zero attached hydrogens (tertiary/aromatic N) is 8. The lowest BCUT2D eigenvalue weighted by molar-refractivity contribution is -0.137. The molecule has 4 aliphatic rings. The molecule has 66 heavy (non-hydrogen) atoms. The Morgan fingerprint density at radius 3 is 2.23 bits per heavy atom. The zero-order chi connectivity index (χ0) is 46.4. The van der Waals surface area contributed by atoms with Crippen LogP contribution in [0.4, 0.5) is 46.4 Å². The number of aromatic nitrogens is 3. The molecule has 354 valence electrons. The van der Waals surface area contributed by atoms with Crippen molar-refractivity contribution >= 4 is 58.4 Å². The van der Waals surface area contributed by atoms with Gasteiger partial charge in [-0.2, -0.15) is 13.2 Å². The molecule has 1 atom stereocenters. The first-order chi connectivity index (χ1) is 31.7. The maximum atomic E-state index is 14.3. The van der Waals surface area contributed by atoms with Crippen LogP contribution in [0.15, 0.2) is 65.1 Å². The van der Waals surface area contributed by atoms with Crippen LogP contribution in [0.25, 0.3) is 11.0 Å². The third kappa shape index (κ3) is 11.4. The first-order valence-corrected chi connectivity index (χ1v) is 23.0. The summed E-state index contributed by atoms with van der Waals surface area (Å²) in [7, 11) is 0. The maximum absolute atomic E-state index is 14.3. The van der Waals surface area contributed by atoms with Crippen LogP contribution in [-0.4, -0.2) is 121 Å². The number of carbonyl (C=O) groups is 1. The number of carbonyl (C=O) groups excluding carboxylic acids is 1. The van der Waals surface area contributed by atoms with E-state index >= 15 is 0 Å². The second-order valence-corrected chi connectivity index (χ2v) is 18.4. The minimum atomic E-state index is -4.47. The molecular weight excluding hydrogens is 854 g/mol. The molecule has 8 rings (SSSR count). The lowest BCUT2D eigenvalue weighted by Gasteiger charge is -2.45. The molecule has 2 amide bonds. The molecule has 4 fully saturated rings. The number of pyridine rings is 1. The number of benzene rings is 2. The van der Waals surface area contributed by atoms with Crippen LogP contribution in [0.3, 0.4) is 0 Å². The largest absolute Gasteiger partial charge is 0.488 e. The van der Waals surface area contributed by atoms with Gasteiger partial charge < -0.3 is 39.4 Å². The Hall–Kier alpha value is -5.75. The minimum Gasteiger partial charge on any atom is -0.488 e. The Kier molecular flexibility index (Phi) is 14.5. The van der Waals surface area contributed by atoms with Crippen molar-refractivity contribution in [2.75, 3.05) is 61.1 Å². The fourth-order valence-corrected chi connectivity index (χ4v) is 9.36. The topological polar surface area (TPSA) is 151 Å². The van der Waals surface area contributed by atoms with Gasteiger partial charge in [0.25, 0.3) is 0 Å². The van der Waals surface area contributed by atoms with Crippen molar-refractivity contribution in [2.45, 2.75) is 121 Å². The monoisotopic (exact) mass is 914 g/mol. The third-order valence-corrected chi connectivity index (χ3v) is 12.5. The number of morpholine rings is 2. The van der Waals surface area contributed by atoms with Gasteiger partial charge in [0.15, 0.2) is 6.23 Å². The van der Waals surface area contributed by atoms with Gasteiger partial charge in [0, 0.05) is 91.8 Å². The lowest BCUT2D eigenvalue weighted by Crippen LogP contribution is -2.61. The summed E-state index contributed by atoms with van der Waals surface area (Å²) in [6, 6.07) is 8.84. The number of rotatable bonds is 12. The van der Waals surface area contributed by atoms with Crippen molar-refractivity contribution in [1.29, 1.82) is 0 Å². The number of amides is 2. The van der Waals surface area contributed by atoms with Gasteiger partial charge in [0.2, 0.25) is 0 Å². The number of fused-ring (bicyclic) bond motifs is 1. The highest BCUT2D eigenvalue weighted by Crippen LogP contribution is 2.44. The van der Waals surface area contributed by atoms with E-state index in [9.17, 15) is 18.0 Å². The molecule has 2 aromatic carbocycles. The normalized spacial score (nSPS) is 23.1. The predicted molar refractivity (Wildman–Crippen MR) is 250 cm³/mol. The number of nitrogens with one attached hydrogen (secondary N) is 2. The van der Waals surface area contributed by atoms with E-state index in [0.717, 1.165) is 73.4 Å². The van der Waals surface area contributed by atoms with Gasteiger partial charge in [-0.05, 0) is 104 Å². The molecule has 15 nitrogen and oxygen atoms in total. The molecule has 2 saturated carbocycles. The van der Waals surface area contributed by atoms with E-state index in [-0.39, 0.29) is 30.3 Å². The second-order valence-electron chi connectivity index (χ2n) is 18.4. The maximum Gasteiger partial charge on any atom is 0.417 e. The molecule has 0 spiro atoms. The quantitative estimate of drug-likeness (QED) is 0.131. The van der Waals surface area contributed by atoms with Gasteiger partial charge >= 0.3 is 12.2 Å². The highest BCUT2D eigenvalue weighted by Gasteiger charge is 2.39. The summed E-state index contributed by atoms with van der Waals surface area (Å²) in [5.41, 5.74) is 3.60. The van der Waals surface area contributed by atoms with Gasteiger partial charge in [-0.1, -0.05) is 0 Å². The fourth-order valence-electron chi connectivity index (χ4n) is 9.36. The molecule has 18 heteroatoms. The molecule has 2 aliphatic carbocycles. The van der Waals surface area contributed by atoms with Gasteiger partial charge in [-0.15, -0.1) is 0 Å². The first kappa shape index (κ1) is 46.8. The molecule has 2 saturated heterocycles. The number of alkyl halides is 3. The summed E-state index contributed by atoms with van der Waals surface area (Å²) < 4.78 is 65.5. The van der Waals surface area contributed by atoms with Crippen molar-refractivity contribution in [1.82, 2.24) is 25.2 Å². The van der Waals surface area contributed by atoms with Gasteiger partial charge in [-0.25, -0.2) is 9.78 Å². The average Bonchev–Trinajstić information content (AvgIpc) is 3.30. The zero-order valence-electron chi connectivity index (χ0n) is 38.2. The Morgan fingerprint density at radius 2 is 1.53 bits per heavy atom. The fraction of sp³-hybridized carbons (Fsp3) is 0.542. The smallest absolute Gasteiger partial charge is 0.417 e. The number of hydrogen-bond donors (Lipinski definition) is 2. The Balaban J connectivity index is 0.960. The van der Waals surface area contributed by atoms with Crippen LogP contribution in [0.5, 0.6) is 11.5 Å². The second kappa shape index (κ2) is 20.4. The molecule has 0 radical (unpaired) electrons. The van der Waals surface area contributed by atoms with Crippen molar-refractivity contribution < 1.29 is 36.9 Å². The molecular formula is C48H61F3N10O5. The van der Waals surface area contributed by atoms with E-state index in [2.05, 4.69) is 64.2 Å². The highest BCUT2D eigenvalue weighted by atomic mass is 19.4. The number of aliphatic imine (C=N–C) groups is 2. The number of ether oxygens (including phenoxy) is 4. The van der Waals surface area contributed by atoms with Gasteiger partial charge in [0.1, 0.15) is 22.7 Å². The van der Waals surface area contributed by atoms with Crippen molar-refractivity contribution in [2.24, 2.45) is 9.98 Å². The molecule has 1 unspecified atom stereocenters. The lowest BCUT2D eigenvalue weighted by atomic mass is 9.91. The Bertz CT molecular complexity index is 2340. The average molecular weight is 915 g/mol. The van der Waals surface area contributed by atoms with E-state index in [1.807, 2.05) is 44.7 Å². The van der Waals surface area contributed by atoms with Crippen molar-refractivity contribution in [3.05, 3.63) is 60.7 Å². The Labute approximate surface area is 384 Å². The van der Waals surface area contributed by atoms with Crippen molar-refractivity contribution in [3.8, 4) is 11.5 Å². The Morgan fingerprint density at radius 1 is 0.864 bits per heavy atom. The number of urea groups is 1. The standard InChI is InChI=1S/C48H61F3N10O5/c1-6-54-39-25-36(27-41(44(39)52-5)65-37-11-7-32(8-12-37)57-33-23-31(28-53-29-33)48(49,50)51)60-19-22-64-43(30-60)61(46(62)58-47(2,3)4)34-9-13-38(14-10-34)66-42-26-35(59-17-20-63-21-18-59)24-40-45(42)56-16-15-55-40/h6,15-16,23-29,32,34,37-38,43,57H,5,7-14,17-22,30H2,1-4H3,(H,58,62)/b54-6-/t32-,34-,37+,38+,43?. The van der Waals surface area contributed by atoms with E-state index in [1.165, 1.54) is 6.20 Å². The minimum absolute atomic E-state index is 0.0298. The molecule has 0 bridgehead atoms. The van der Waals surface area contributed by atoms with E-state index < -0.39 is 23.5 Å². The van der Waals surface area contributed by atoms with Crippen LogP contribution in [0, 0.1) is 0 Å². The summed E-state index contributed by atoms with van der Waals surface area (Å²) in [5, 5.41) is 6.45. The summed E-state index contributed by atoms with van der Waals surface area (Å²) in [6.07, 6.45) is 7.72. The van der Waals surface area contributed by atoms with Crippen LogP contribution in [0.2, 0.25) is 0 Å². The number of halogens is 3. The van der Waals surface area contributed by atoms with E-state index in [0.29, 0.717) is 87.2 Å². The van der Waals surface area contributed by atoms with Crippen LogP contribution < -0.4 is 29.9 Å². The van der Waals surface area contributed by atoms with Gasteiger partial charge in [-0.3, -0.25) is 24.9 Å². The summed E-state index contributed by atoms with van der Waals surface area (Å²) >= 11 is 0. The van der Waals surface area contributed by atoms with E-state index in [4.69, 9.17) is 18.9 Å². The summed E-state index contributed by atoms with van der Waals surface area (Å²) in [5.74, 6) is 1.25. The van der Waals surface area contributed by atoms with E-state index in [1.54, 1.807) is 18.6 Å². The van der Waals surface area contributed by atoms with Crippen molar-refractivity contribution in [3.63, 3.8) is 0 Å². The SMILES string of the molecule is C=Nc1c(/N=C\C)cc(N2CCOC(N(C(=O)NC(C)(C)C)[C@H]3CC[C@@H](Oc4cc(N5CCOCC5)cc5nccnc45)CC3)C2)cc1O[C@H]1CC[C@@H](Nc2cncc(C(F)(F)F)c2)CC1. The van der Waals surface area contributed by atoms with Crippen LogP contribution in [-0.2, 0) is 15.7 Å². The molecule has 2 aromatic heterocycles. The number of hydrogen-bond acceptors (Lipinski definition) is 13. The van der Waals surface area contributed by atoms with Crippen LogP contribution in [0.1, 0.15) is 84.6 Å². The third-order valence-electron chi connectivity index (χ3n) is 12.5. The molecule has 4 aromatic rings.